The molecule has 0 spiro atoms. The molecule has 2 N–H and O–H groups in total. The lowest BCUT2D eigenvalue weighted by atomic mass is 10.1. The Hall–Kier alpha value is -2.37. The Morgan fingerprint density at radius 2 is 2.24 bits per heavy atom. The molecule has 1 heterocycles. The molecule has 6 heteroatoms. The second kappa shape index (κ2) is 5.20. The SMILES string of the molecule is CC(C(=O)O)N(C(=O)Cc1ccc2cn[nH]c2c1)C1CC1. The molecule has 0 radical (unpaired) electrons. The fourth-order valence-electron chi connectivity index (χ4n) is 2.57. The van der Waals surface area contributed by atoms with Gasteiger partial charge in [0.1, 0.15) is 6.04 Å². The third kappa shape index (κ3) is 2.74. The standard InChI is InChI=1S/C15H17N3O3/c1-9(15(20)21)18(12-4-5-12)14(19)7-10-2-3-11-8-16-17-13(11)6-10/h2-3,6,8-9,12H,4-5,7H2,1H3,(H,16,17)(H,20,21). The second-order valence-electron chi connectivity index (χ2n) is 5.51. The number of aromatic amines is 1. The Labute approximate surface area is 121 Å². The van der Waals surface area contributed by atoms with Crippen molar-refractivity contribution in [3.05, 3.63) is 30.0 Å². The van der Waals surface area contributed by atoms with Gasteiger partial charge in [0.25, 0.3) is 0 Å². The van der Waals surface area contributed by atoms with Gasteiger partial charge in [0.05, 0.1) is 18.1 Å². The molecular formula is C15H17N3O3. The first kappa shape index (κ1) is 13.6. The molecule has 1 amide bonds. The first-order valence-corrected chi connectivity index (χ1v) is 7.02. The van der Waals surface area contributed by atoms with Gasteiger partial charge in [0, 0.05) is 11.4 Å². The van der Waals surface area contributed by atoms with Gasteiger partial charge in [-0.1, -0.05) is 12.1 Å². The lowest BCUT2D eigenvalue weighted by Gasteiger charge is -2.26. The molecular weight excluding hydrogens is 270 g/mol. The van der Waals surface area contributed by atoms with Crippen LogP contribution in [0.2, 0.25) is 0 Å². The summed E-state index contributed by atoms with van der Waals surface area (Å²) in [7, 11) is 0. The maximum Gasteiger partial charge on any atom is 0.326 e. The van der Waals surface area contributed by atoms with Gasteiger partial charge in [0.15, 0.2) is 0 Å². The van der Waals surface area contributed by atoms with Gasteiger partial charge in [-0.15, -0.1) is 0 Å². The highest BCUT2D eigenvalue weighted by molar-refractivity contribution is 5.86. The Morgan fingerprint density at radius 3 is 2.90 bits per heavy atom. The zero-order valence-corrected chi connectivity index (χ0v) is 11.7. The van der Waals surface area contributed by atoms with E-state index in [-0.39, 0.29) is 18.4 Å². The van der Waals surface area contributed by atoms with Crippen molar-refractivity contribution < 1.29 is 14.7 Å². The molecule has 110 valence electrons. The summed E-state index contributed by atoms with van der Waals surface area (Å²) in [5.74, 6) is -1.09. The first-order chi connectivity index (χ1) is 10.1. The molecule has 3 rings (SSSR count). The van der Waals surface area contributed by atoms with Crippen molar-refractivity contribution in [2.24, 2.45) is 0 Å². The molecule has 1 saturated carbocycles. The first-order valence-electron chi connectivity index (χ1n) is 7.02. The average Bonchev–Trinajstić information content (AvgIpc) is 3.15. The van der Waals surface area contributed by atoms with E-state index >= 15 is 0 Å². The summed E-state index contributed by atoms with van der Waals surface area (Å²) in [6, 6.07) is 4.98. The fourth-order valence-corrected chi connectivity index (χ4v) is 2.57. The van der Waals surface area contributed by atoms with Crippen LogP contribution in [0.15, 0.2) is 24.4 Å². The zero-order chi connectivity index (χ0) is 15.0. The van der Waals surface area contributed by atoms with Gasteiger partial charge in [-0.2, -0.15) is 5.10 Å². The maximum absolute atomic E-state index is 12.5. The number of carboxylic acid groups (broad SMARTS) is 1. The number of nitrogens with zero attached hydrogens (tertiary/aromatic N) is 2. The Morgan fingerprint density at radius 1 is 1.48 bits per heavy atom. The lowest BCUT2D eigenvalue weighted by molar-refractivity contribution is -0.149. The Bertz CT molecular complexity index is 690. The number of H-pyrrole nitrogens is 1. The van der Waals surface area contributed by atoms with Gasteiger partial charge in [-0.05, 0) is 31.4 Å². The van der Waals surface area contributed by atoms with Gasteiger partial charge in [-0.3, -0.25) is 9.89 Å². The van der Waals surface area contributed by atoms with Gasteiger partial charge in [-0.25, -0.2) is 4.79 Å². The van der Waals surface area contributed by atoms with E-state index in [0.29, 0.717) is 0 Å². The second-order valence-corrected chi connectivity index (χ2v) is 5.51. The molecule has 1 aliphatic rings. The number of carboxylic acids is 1. The molecule has 1 fully saturated rings. The number of carbonyl (C=O) groups is 2. The number of nitrogens with one attached hydrogen (secondary N) is 1. The minimum atomic E-state index is -0.959. The zero-order valence-electron chi connectivity index (χ0n) is 11.7. The van der Waals surface area contributed by atoms with Crippen LogP contribution in [0.5, 0.6) is 0 Å². The van der Waals surface area contributed by atoms with Crippen LogP contribution in [-0.4, -0.2) is 44.2 Å². The minimum Gasteiger partial charge on any atom is -0.480 e. The molecule has 0 bridgehead atoms. The van der Waals surface area contributed by atoms with Crippen LogP contribution in [0.3, 0.4) is 0 Å². The number of rotatable bonds is 5. The van der Waals surface area contributed by atoms with Crippen LogP contribution in [0.4, 0.5) is 0 Å². The number of hydrogen-bond acceptors (Lipinski definition) is 3. The highest BCUT2D eigenvalue weighted by Gasteiger charge is 2.38. The molecule has 21 heavy (non-hydrogen) atoms. The summed E-state index contributed by atoms with van der Waals surface area (Å²) < 4.78 is 0. The molecule has 2 aromatic rings. The quantitative estimate of drug-likeness (QED) is 0.874. The van der Waals surface area contributed by atoms with Crippen molar-refractivity contribution in [1.29, 1.82) is 0 Å². The van der Waals surface area contributed by atoms with Crippen LogP contribution >= 0.6 is 0 Å². The summed E-state index contributed by atoms with van der Waals surface area (Å²) in [6.45, 7) is 1.57. The summed E-state index contributed by atoms with van der Waals surface area (Å²) in [5, 5.41) is 17.0. The van der Waals surface area contributed by atoms with E-state index in [1.807, 2.05) is 18.2 Å². The molecule has 0 saturated heterocycles. The van der Waals surface area contributed by atoms with Crippen molar-refractivity contribution in [3.8, 4) is 0 Å². The van der Waals surface area contributed by atoms with E-state index in [9.17, 15) is 9.59 Å². The fraction of sp³-hybridized carbons (Fsp3) is 0.400. The van der Waals surface area contributed by atoms with Crippen molar-refractivity contribution in [1.82, 2.24) is 15.1 Å². The number of amides is 1. The predicted molar refractivity (Wildman–Crippen MR) is 76.8 cm³/mol. The molecule has 1 aromatic carbocycles. The van der Waals surface area contributed by atoms with E-state index < -0.39 is 12.0 Å². The number of hydrogen-bond donors (Lipinski definition) is 2. The smallest absolute Gasteiger partial charge is 0.326 e. The predicted octanol–water partition coefficient (Wildman–Crippen LogP) is 1.57. The van der Waals surface area contributed by atoms with E-state index in [1.54, 1.807) is 13.1 Å². The van der Waals surface area contributed by atoms with Crippen LogP contribution < -0.4 is 0 Å². The van der Waals surface area contributed by atoms with E-state index in [2.05, 4.69) is 10.2 Å². The molecule has 1 atom stereocenters. The summed E-state index contributed by atoms with van der Waals surface area (Å²) >= 11 is 0. The molecule has 1 unspecified atom stereocenters. The van der Waals surface area contributed by atoms with Crippen molar-refractivity contribution in [2.75, 3.05) is 0 Å². The number of fused-ring (bicyclic) bond motifs is 1. The van der Waals surface area contributed by atoms with Gasteiger partial charge >= 0.3 is 5.97 Å². The third-order valence-corrected chi connectivity index (χ3v) is 3.86. The summed E-state index contributed by atoms with van der Waals surface area (Å²) in [4.78, 5) is 25.1. The Balaban J connectivity index is 1.78. The monoisotopic (exact) mass is 287 g/mol. The van der Waals surface area contributed by atoms with Crippen molar-refractivity contribution >= 4 is 22.8 Å². The number of carbonyl (C=O) groups excluding carboxylic acids is 1. The highest BCUT2D eigenvalue weighted by atomic mass is 16.4. The van der Waals surface area contributed by atoms with Crippen molar-refractivity contribution in [3.63, 3.8) is 0 Å². The van der Waals surface area contributed by atoms with Crippen LogP contribution in [0.25, 0.3) is 10.9 Å². The Kier molecular flexibility index (Phi) is 3.37. The number of benzene rings is 1. The number of aromatic nitrogens is 2. The number of aliphatic carboxylic acids is 1. The van der Waals surface area contributed by atoms with Gasteiger partial charge < -0.3 is 10.0 Å². The van der Waals surface area contributed by atoms with Crippen LogP contribution in [0.1, 0.15) is 25.3 Å². The van der Waals surface area contributed by atoms with E-state index in [1.165, 1.54) is 4.90 Å². The lowest BCUT2D eigenvalue weighted by Crippen LogP contribution is -2.45. The normalized spacial score (nSPS) is 15.9. The van der Waals surface area contributed by atoms with Crippen molar-refractivity contribution in [2.45, 2.75) is 38.3 Å². The van der Waals surface area contributed by atoms with Gasteiger partial charge in [0.2, 0.25) is 5.91 Å². The van der Waals surface area contributed by atoms with Crippen LogP contribution in [0, 0.1) is 0 Å². The van der Waals surface area contributed by atoms with E-state index in [4.69, 9.17) is 5.11 Å². The third-order valence-electron chi connectivity index (χ3n) is 3.86. The average molecular weight is 287 g/mol. The summed E-state index contributed by atoms with van der Waals surface area (Å²) in [6.07, 6.45) is 3.72. The van der Waals surface area contributed by atoms with Crippen LogP contribution in [-0.2, 0) is 16.0 Å². The maximum atomic E-state index is 12.5. The van der Waals surface area contributed by atoms with E-state index in [0.717, 1.165) is 29.3 Å². The molecule has 0 aliphatic heterocycles. The molecule has 1 aliphatic carbocycles. The molecule has 6 nitrogen and oxygen atoms in total. The summed E-state index contributed by atoms with van der Waals surface area (Å²) in [5.41, 5.74) is 1.74. The highest BCUT2D eigenvalue weighted by Crippen LogP contribution is 2.29. The largest absolute Gasteiger partial charge is 0.480 e. The molecule has 1 aromatic heterocycles. The minimum absolute atomic E-state index is 0.0829. The topological polar surface area (TPSA) is 86.3 Å².